The molecule has 1 aliphatic rings. The first-order chi connectivity index (χ1) is 9.29. The summed E-state index contributed by atoms with van der Waals surface area (Å²) in [6.45, 7) is 2.22. The van der Waals surface area contributed by atoms with Gasteiger partial charge in [0.2, 0.25) is 0 Å². The minimum Gasteiger partial charge on any atom is -0.247 e. The summed E-state index contributed by atoms with van der Waals surface area (Å²) in [7, 11) is 0. The maximum Gasteiger partial charge on any atom is 0.100 e. The molecule has 104 valence electrons. The molecule has 1 aliphatic carbocycles. The van der Waals surface area contributed by atoms with E-state index in [9.17, 15) is 4.39 Å². The van der Waals surface area contributed by atoms with E-state index < -0.39 is 6.17 Å². The lowest BCUT2D eigenvalue weighted by molar-refractivity contribution is 0.235. The highest BCUT2D eigenvalue weighted by molar-refractivity contribution is 5.49. The van der Waals surface area contributed by atoms with Crippen LogP contribution in [-0.4, -0.2) is 6.17 Å². The first-order valence-corrected chi connectivity index (χ1v) is 7.70. The zero-order chi connectivity index (χ0) is 13.5. The fraction of sp³-hybridized carbons (Fsp3) is 0.556. The van der Waals surface area contributed by atoms with Crippen LogP contribution in [0.15, 0.2) is 30.3 Å². The van der Waals surface area contributed by atoms with Crippen LogP contribution in [0, 0.1) is 0 Å². The number of alkyl halides is 1. The normalized spacial score (nSPS) is 23.9. The SMILES string of the molecule is CCCC/C=C/c1ccc(C2CCC(F)CC2)cc1. The van der Waals surface area contributed by atoms with Gasteiger partial charge in [0.1, 0.15) is 6.17 Å². The maximum absolute atomic E-state index is 13.1. The van der Waals surface area contributed by atoms with E-state index in [-0.39, 0.29) is 0 Å². The second kappa shape index (κ2) is 7.47. The van der Waals surface area contributed by atoms with Crippen LogP contribution in [0.25, 0.3) is 6.08 Å². The molecule has 0 saturated heterocycles. The summed E-state index contributed by atoms with van der Waals surface area (Å²) in [5.41, 5.74) is 2.66. The molecular weight excluding hydrogens is 235 g/mol. The van der Waals surface area contributed by atoms with E-state index in [0.717, 1.165) is 25.7 Å². The van der Waals surface area contributed by atoms with Crippen molar-refractivity contribution >= 4 is 6.08 Å². The van der Waals surface area contributed by atoms with Crippen molar-refractivity contribution in [3.63, 3.8) is 0 Å². The Bertz CT molecular complexity index is 383. The molecule has 19 heavy (non-hydrogen) atoms. The van der Waals surface area contributed by atoms with Crippen molar-refractivity contribution < 1.29 is 4.39 Å². The van der Waals surface area contributed by atoms with Gasteiger partial charge in [-0.3, -0.25) is 0 Å². The topological polar surface area (TPSA) is 0 Å². The molecule has 1 aromatic rings. The lowest BCUT2D eigenvalue weighted by Gasteiger charge is -2.24. The van der Waals surface area contributed by atoms with Crippen LogP contribution in [0.4, 0.5) is 4.39 Å². The van der Waals surface area contributed by atoms with Crippen LogP contribution in [0.3, 0.4) is 0 Å². The van der Waals surface area contributed by atoms with E-state index in [1.807, 2.05) is 0 Å². The quantitative estimate of drug-likeness (QED) is 0.579. The second-order valence-corrected chi connectivity index (χ2v) is 5.66. The monoisotopic (exact) mass is 260 g/mol. The van der Waals surface area contributed by atoms with E-state index >= 15 is 0 Å². The molecule has 0 aromatic heterocycles. The third-order valence-electron chi connectivity index (χ3n) is 4.10. The lowest BCUT2D eigenvalue weighted by atomic mass is 9.83. The van der Waals surface area contributed by atoms with Crippen LogP contribution in [0.5, 0.6) is 0 Å². The molecular formula is C18H25F. The van der Waals surface area contributed by atoms with Crippen LogP contribution >= 0.6 is 0 Å². The molecule has 0 unspecified atom stereocenters. The van der Waals surface area contributed by atoms with Gasteiger partial charge in [-0.1, -0.05) is 56.2 Å². The van der Waals surface area contributed by atoms with Crippen molar-refractivity contribution in [3.8, 4) is 0 Å². The summed E-state index contributed by atoms with van der Waals surface area (Å²) in [5, 5.41) is 0. The predicted molar refractivity (Wildman–Crippen MR) is 81.1 cm³/mol. The van der Waals surface area contributed by atoms with Gasteiger partial charge in [-0.25, -0.2) is 4.39 Å². The number of hydrogen-bond donors (Lipinski definition) is 0. The fourth-order valence-corrected chi connectivity index (χ4v) is 2.81. The molecule has 0 atom stereocenters. The van der Waals surface area contributed by atoms with Crippen molar-refractivity contribution in [1.82, 2.24) is 0 Å². The van der Waals surface area contributed by atoms with Crippen molar-refractivity contribution in [2.75, 3.05) is 0 Å². The van der Waals surface area contributed by atoms with Gasteiger partial charge in [0.25, 0.3) is 0 Å². The first-order valence-electron chi connectivity index (χ1n) is 7.70. The van der Waals surface area contributed by atoms with Gasteiger partial charge >= 0.3 is 0 Å². The van der Waals surface area contributed by atoms with Gasteiger partial charge < -0.3 is 0 Å². The number of unbranched alkanes of at least 4 members (excludes halogenated alkanes) is 2. The fourth-order valence-electron chi connectivity index (χ4n) is 2.81. The van der Waals surface area contributed by atoms with Crippen molar-refractivity contribution in [1.29, 1.82) is 0 Å². The van der Waals surface area contributed by atoms with Crippen LogP contribution < -0.4 is 0 Å². The summed E-state index contributed by atoms with van der Waals surface area (Å²) >= 11 is 0. The Labute approximate surface area is 116 Å². The van der Waals surface area contributed by atoms with E-state index in [1.165, 1.54) is 30.4 Å². The minimum absolute atomic E-state index is 0.558. The molecule has 1 fully saturated rings. The average Bonchev–Trinajstić information content (AvgIpc) is 2.45. The zero-order valence-corrected chi connectivity index (χ0v) is 11.9. The number of allylic oxidation sites excluding steroid dienone is 1. The molecule has 0 nitrogen and oxygen atoms in total. The molecule has 0 heterocycles. The summed E-state index contributed by atoms with van der Waals surface area (Å²) in [4.78, 5) is 0. The highest BCUT2D eigenvalue weighted by atomic mass is 19.1. The summed E-state index contributed by atoms with van der Waals surface area (Å²) in [6.07, 6.45) is 11.1. The Morgan fingerprint density at radius 1 is 1.11 bits per heavy atom. The first kappa shape index (κ1) is 14.3. The largest absolute Gasteiger partial charge is 0.247 e. The Morgan fingerprint density at radius 2 is 1.79 bits per heavy atom. The second-order valence-electron chi connectivity index (χ2n) is 5.66. The molecule has 1 heteroatoms. The van der Waals surface area contributed by atoms with Gasteiger partial charge in [0.15, 0.2) is 0 Å². The number of halogens is 1. The smallest absolute Gasteiger partial charge is 0.100 e. The molecule has 0 bridgehead atoms. The lowest BCUT2D eigenvalue weighted by Crippen LogP contribution is -2.13. The van der Waals surface area contributed by atoms with Gasteiger partial charge in [0, 0.05) is 0 Å². The van der Waals surface area contributed by atoms with Crippen molar-refractivity contribution in [2.24, 2.45) is 0 Å². The van der Waals surface area contributed by atoms with Crippen molar-refractivity contribution in [3.05, 3.63) is 41.5 Å². The number of rotatable bonds is 5. The molecule has 1 saturated carbocycles. The van der Waals surface area contributed by atoms with Gasteiger partial charge in [-0.2, -0.15) is 0 Å². The van der Waals surface area contributed by atoms with E-state index in [2.05, 4.69) is 43.3 Å². The van der Waals surface area contributed by atoms with E-state index in [0.29, 0.717) is 5.92 Å². The number of benzene rings is 1. The summed E-state index contributed by atoms with van der Waals surface area (Å²) < 4.78 is 13.1. The Kier molecular flexibility index (Phi) is 5.62. The molecule has 0 spiro atoms. The predicted octanol–water partition coefficient (Wildman–Crippen LogP) is 5.89. The average molecular weight is 260 g/mol. The summed E-state index contributed by atoms with van der Waals surface area (Å²) in [5.74, 6) is 0.574. The maximum atomic E-state index is 13.1. The Hall–Kier alpha value is -1.11. The Balaban J connectivity index is 1.89. The van der Waals surface area contributed by atoms with Crippen LogP contribution in [0.2, 0.25) is 0 Å². The van der Waals surface area contributed by atoms with Crippen molar-refractivity contribution in [2.45, 2.75) is 64.0 Å². The minimum atomic E-state index is -0.558. The molecule has 0 radical (unpaired) electrons. The zero-order valence-electron chi connectivity index (χ0n) is 11.9. The molecule has 0 aliphatic heterocycles. The standard InChI is InChI=1S/C18H25F/c1-2-3-4-5-6-15-7-9-16(10-8-15)17-11-13-18(19)14-12-17/h5-10,17-18H,2-4,11-14H2,1H3/b6-5+. The highest BCUT2D eigenvalue weighted by Crippen LogP contribution is 2.34. The third kappa shape index (κ3) is 4.49. The molecule has 2 rings (SSSR count). The molecule has 0 amide bonds. The highest BCUT2D eigenvalue weighted by Gasteiger charge is 2.21. The summed E-state index contributed by atoms with van der Waals surface area (Å²) in [6, 6.07) is 8.84. The van der Waals surface area contributed by atoms with Crippen LogP contribution in [0.1, 0.15) is 68.9 Å². The van der Waals surface area contributed by atoms with Crippen LogP contribution in [-0.2, 0) is 0 Å². The number of hydrogen-bond acceptors (Lipinski definition) is 0. The third-order valence-corrected chi connectivity index (χ3v) is 4.10. The van der Waals surface area contributed by atoms with E-state index in [4.69, 9.17) is 0 Å². The van der Waals surface area contributed by atoms with Gasteiger partial charge in [-0.15, -0.1) is 0 Å². The van der Waals surface area contributed by atoms with Gasteiger partial charge in [0.05, 0.1) is 0 Å². The van der Waals surface area contributed by atoms with E-state index in [1.54, 1.807) is 0 Å². The molecule has 1 aromatic carbocycles. The Morgan fingerprint density at radius 3 is 2.42 bits per heavy atom. The van der Waals surface area contributed by atoms with Gasteiger partial charge in [-0.05, 0) is 49.1 Å². The molecule has 0 N–H and O–H groups in total.